The average molecular weight is 363 g/mol. The van der Waals surface area contributed by atoms with Crippen molar-refractivity contribution in [2.75, 3.05) is 0 Å². The molecule has 0 bridgehead atoms. The number of non-ortho nitro benzene ring substituents is 1. The third-order valence-corrected chi connectivity index (χ3v) is 3.68. The van der Waals surface area contributed by atoms with E-state index in [2.05, 4.69) is 9.97 Å². The van der Waals surface area contributed by atoms with Gasteiger partial charge in [-0.2, -0.15) is 0 Å². The van der Waals surface area contributed by atoms with Crippen molar-refractivity contribution in [3.8, 4) is 21.8 Å². The molecule has 5 nitrogen and oxygen atoms in total. The molecule has 0 aliphatic rings. The van der Waals surface area contributed by atoms with Gasteiger partial charge in [-0.1, -0.05) is 0 Å². The van der Waals surface area contributed by atoms with E-state index in [9.17, 15) is 10.1 Å². The van der Waals surface area contributed by atoms with Crippen molar-refractivity contribution in [2.24, 2.45) is 0 Å². The number of hydrogen-bond acceptors (Lipinski definition) is 5. The largest absolute Gasteiger partial charge is 1.00 e. The molecule has 21 heavy (non-hydrogen) atoms. The number of nitrogens with zero attached hydrogens (tertiary/aromatic N) is 3. The van der Waals surface area contributed by atoms with Crippen LogP contribution >= 0.6 is 11.3 Å². The Bertz CT molecular complexity index is 744. The van der Waals surface area contributed by atoms with Crippen molar-refractivity contribution >= 4 is 17.0 Å². The first kappa shape index (κ1) is 15.3. The Balaban J connectivity index is 0.00000161. The van der Waals surface area contributed by atoms with Gasteiger partial charge in [0.2, 0.25) is 0 Å². The van der Waals surface area contributed by atoms with E-state index in [4.69, 9.17) is 0 Å². The fourth-order valence-electron chi connectivity index (χ4n) is 1.78. The fraction of sp³-hybridized carbons (Fsp3) is 0. The lowest BCUT2D eigenvalue weighted by Crippen LogP contribution is -3.00. The molecular weight excluding hydrogens is 354 g/mol. The minimum atomic E-state index is -0.411. The molecule has 2 aromatic heterocycles. The van der Waals surface area contributed by atoms with E-state index in [0.717, 1.165) is 21.8 Å². The van der Waals surface area contributed by atoms with E-state index in [-0.39, 0.29) is 22.7 Å². The van der Waals surface area contributed by atoms with Gasteiger partial charge in [-0.3, -0.25) is 15.1 Å². The van der Waals surface area contributed by atoms with Crippen LogP contribution in [0.25, 0.3) is 21.8 Å². The van der Waals surface area contributed by atoms with Gasteiger partial charge in [0.05, 0.1) is 10.6 Å². The molecule has 0 radical (unpaired) electrons. The number of pyridine rings is 1. The summed E-state index contributed by atoms with van der Waals surface area (Å²) in [4.78, 5) is 18.8. The zero-order chi connectivity index (χ0) is 13.9. The second-order valence-corrected chi connectivity index (χ2v) is 4.94. The van der Waals surface area contributed by atoms with Gasteiger partial charge < -0.3 is 17.0 Å². The summed E-state index contributed by atoms with van der Waals surface area (Å²) in [7, 11) is 0. The minimum Gasteiger partial charge on any atom is -1.00 e. The van der Waals surface area contributed by atoms with Gasteiger partial charge in [0.25, 0.3) is 5.69 Å². The number of benzene rings is 1. The maximum absolute atomic E-state index is 10.6. The van der Waals surface area contributed by atoms with Crippen molar-refractivity contribution in [2.45, 2.75) is 0 Å². The Morgan fingerprint density at radius 3 is 2.48 bits per heavy atom. The summed E-state index contributed by atoms with van der Waals surface area (Å²) in [6.07, 6.45) is 3.48. The van der Waals surface area contributed by atoms with Gasteiger partial charge in [0.1, 0.15) is 5.01 Å². The summed E-state index contributed by atoms with van der Waals surface area (Å²) < 4.78 is 0. The molecule has 0 atom stereocenters. The van der Waals surface area contributed by atoms with Crippen LogP contribution in [0.4, 0.5) is 5.69 Å². The van der Waals surface area contributed by atoms with Crippen LogP contribution in [0.3, 0.4) is 0 Å². The van der Waals surface area contributed by atoms with E-state index < -0.39 is 4.92 Å². The maximum Gasteiger partial charge on any atom is 0.269 e. The lowest BCUT2D eigenvalue weighted by molar-refractivity contribution is -0.384. The molecule has 0 saturated carbocycles. The molecule has 3 aromatic rings. The van der Waals surface area contributed by atoms with Crippen molar-refractivity contribution in [1.29, 1.82) is 0 Å². The number of hydrogen-bond donors (Lipinski definition) is 0. The molecule has 1 aromatic carbocycles. The average Bonchev–Trinajstić information content (AvgIpc) is 2.98. The van der Waals surface area contributed by atoms with Crippen molar-refractivity contribution in [3.05, 3.63) is 64.3 Å². The molecule has 106 valence electrons. The predicted octanol–water partition coefficient (Wildman–Crippen LogP) is 0.784. The summed E-state index contributed by atoms with van der Waals surface area (Å²) in [6, 6.07) is 10.2. The molecule has 0 saturated heterocycles. The third-order valence-electron chi connectivity index (χ3n) is 2.79. The van der Waals surface area contributed by atoms with Gasteiger partial charge in [0, 0.05) is 41.0 Å². The highest BCUT2D eigenvalue weighted by atomic mass is 79.9. The quantitative estimate of drug-likeness (QED) is 0.510. The molecule has 0 aliphatic heterocycles. The molecule has 0 spiro atoms. The van der Waals surface area contributed by atoms with Crippen LogP contribution in [-0.2, 0) is 0 Å². The fourth-order valence-corrected chi connectivity index (χ4v) is 2.60. The molecule has 0 amide bonds. The van der Waals surface area contributed by atoms with E-state index in [1.54, 1.807) is 24.5 Å². The van der Waals surface area contributed by atoms with Gasteiger partial charge >= 0.3 is 0 Å². The molecule has 0 aliphatic carbocycles. The van der Waals surface area contributed by atoms with Crippen LogP contribution in [0.2, 0.25) is 0 Å². The normalized spacial score (nSPS) is 9.90. The highest BCUT2D eigenvalue weighted by molar-refractivity contribution is 7.13. The lowest BCUT2D eigenvalue weighted by Gasteiger charge is -1.96. The summed E-state index contributed by atoms with van der Waals surface area (Å²) in [5, 5.41) is 13.4. The van der Waals surface area contributed by atoms with Crippen molar-refractivity contribution in [1.82, 2.24) is 9.97 Å². The van der Waals surface area contributed by atoms with Gasteiger partial charge in [-0.15, -0.1) is 11.3 Å². The van der Waals surface area contributed by atoms with Crippen LogP contribution in [0, 0.1) is 10.1 Å². The van der Waals surface area contributed by atoms with Gasteiger partial charge in [-0.25, -0.2) is 4.98 Å². The van der Waals surface area contributed by atoms with E-state index in [1.807, 2.05) is 17.5 Å². The smallest absolute Gasteiger partial charge is 0.269 e. The monoisotopic (exact) mass is 362 g/mol. The van der Waals surface area contributed by atoms with E-state index in [0.29, 0.717) is 0 Å². The molecule has 2 heterocycles. The third kappa shape index (κ3) is 3.32. The first-order valence-electron chi connectivity index (χ1n) is 5.85. The first-order valence-corrected chi connectivity index (χ1v) is 6.73. The minimum absolute atomic E-state index is 0. The number of halogens is 1. The maximum atomic E-state index is 10.6. The zero-order valence-corrected chi connectivity index (χ0v) is 13.0. The van der Waals surface area contributed by atoms with Crippen molar-refractivity contribution < 1.29 is 21.9 Å². The van der Waals surface area contributed by atoms with Crippen LogP contribution < -0.4 is 17.0 Å². The topological polar surface area (TPSA) is 68.9 Å². The highest BCUT2D eigenvalue weighted by Crippen LogP contribution is 2.29. The van der Waals surface area contributed by atoms with Gasteiger partial charge in [0.15, 0.2) is 0 Å². The second-order valence-electron chi connectivity index (χ2n) is 4.08. The highest BCUT2D eigenvalue weighted by Gasteiger charge is 2.09. The number of nitro benzene ring substituents is 1. The molecule has 7 heteroatoms. The Hall–Kier alpha value is -2.12. The summed E-state index contributed by atoms with van der Waals surface area (Å²) in [5.74, 6) is 0. The molecule has 0 fully saturated rings. The molecule has 0 N–H and O–H groups in total. The summed E-state index contributed by atoms with van der Waals surface area (Å²) >= 11 is 1.52. The molecule has 3 rings (SSSR count). The van der Waals surface area contributed by atoms with Crippen molar-refractivity contribution in [3.63, 3.8) is 0 Å². The Kier molecular flexibility index (Phi) is 4.77. The second kappa shape index (κ2) is 6.55. The van der Waals surface area contributed by atoms with Crippen LogP contribution in [0.1, 0.15) is 0 Å². The number of nitro groups is 1. The van der Waals surface area contributed by atoms with E-state index >= 15 is 0 Å². The SMILES string of the molecule is O=[N+]([O-])c1ccc(-c2csc(-c3cccnc3)n2)cc1.[Br-]. The van der Waals surface area contributed by atoms with Crippen LogP contribution in [0.5, 0.6) is 0 Å². The Labute approximate surface area is 135 Å². The molecular formula is C14H9BrN3O2S-. The summed E-state index contributed by atoms with van der Waals surface area (Å²) in [6.45, 7) is 0. The Morgan fingerprint density at radius 1 is 1.10 bits per heavy atom. The number of aromatic nitrogens is 2. The summed E-state index contributed by atoms with van der Waals surface area (Å²) in [5.41, 5.74) is 2.72. The first-order chi connectivity index (χ1) is 9.74. The standard InChI is InChI=1S/C14H9N3O2S.BrH/c18-17(19)12-5-3-10(4-6-12)13-9-20-14(16-13)11-2-1-7-15-8-11;/h1-9H;1H/p-1. The van der Waals surface area contributed by atoms with Gasteiger partial charge in [-0.05, 0) is 24.3 Å². The zero-order valence-electron chi connectivity index (χ0n) is 10.6. The van der Waals surface area contributed by atoms with Crippen LogP contribution in [-0.4, -0.2) is 14.9 Å². The predicted molar refractivity (Wildman–Crippen MR) is 77.4 cm³/mol. The Morgan fingerprint density at radius 2 is 1.86 bits per heavy atom. The number of thiazole rings is 1. The molecule has 0 unspecified atom stereocenters. The van der Waals surface area contributed by atoms with E-state index in [1.165, 1.54) is 23.5 Å². The van der Waals surface area contributed by atoms with Crippen LogP contribution in [0.15, 0.2) is 54.2 Å². The number of rotatable bonds is 3. The lowest BCUT2D eigenvalue weighted by atomic mass is 10.1.